The highest BCUT2D eigenvalue weighted by molar-refractivity contribution is 8.00. The first kappa shape index (κ1) is 20.8. The second-order valence-corrected chi connectivity index (χ2v) is 8.65. The van der Waals surface area contributed by atoms with Crippen molar-refractivity contribution in [3.63, 3.8) is 0 Å². The maximum atomic E-state index is 5.97. The highest BCUT2D eigenvalue weighted by Gasteiger charge is 2.29. The molecule has 0 aliphatic carbocycles. The van der Waals surface area contributed by atoms with Gasteiger partial charge in [0.2, 0.25) is 0 Å². The Morgan fingerprint density at radius 3 is 2.03 bits per heavy atom. The van der Waals surface area contributed by atoms with Gasteiger partial charge < -0.3 is 4.74 Å². The van der Waals surface area contributed by atoms with Gasteiger partial charge in [0, 0.05) is 0 Å². The van der Waals surface area contributed by atoms with Gasteiger partial charge in [-0.05, 0) is 74.0 Å². The van der Waals surface area contributed by atoms with Crippen LogP contribution in [0.4, 0.5) is 0 Å². The maximum Gasteiger partial charge on any atom is 0.166 e. The lowest BCUT2D eigenvalue weighted by atomic mass is 10.2. The van der Waals surface area contributed by atoms with Crippen molar-refractivity contribution in [2.24, 2.45) is 0 Å². The monoisotopic (exact) mass is 399 g/mol. The van der Waals surface area contributed by atoms with E-state index in [0.717, 1.165) is 17.9 Å². The van der Waals surface area contributed by atoms with Gasteiger partial charge >= 0.3 is 0 Å². The van der Waals surface area contributed by atoms with Crippen LogP contribution in [0, 0.1) is 6.92 Å². The third-order valence-corrected chi connectivity index (χ3v) is 6.56. The Labute approximate surface area is 177 Å². The highest BCUT2D eigenvalue weighted by Crippen LogP contribution is 2.33. The highest BCUT2D eigenvalue weighted by atomic mass is 32.2. The number of para-hydroxylation sites is 1. The molecular formula is C27H27OS+. The van der Waals surface area contributed by atoms with Crippen LogP contribution < -0.4 is 4.74 Å². The van der Waals surface area contributed by atoms with Crippen LogP contribution in [-0.2, 0) is 10.9 Å². The van der Waals surface area contributed by atoms with Crippen molar-refractivity contribution < 1.29 is 4.74 Å². The molecule has 0 aliphatic rings. The van der Waals surface area contributed by atoms with E-state index in [0.29, 0.717) is 0 Å². The summed E-state index contributed by atoms with van der Waals surface area (Å²) in [6.45, 7) is 8.20. The molecule has 146 valence electrons. The molecule has 0 saturated heterocycles. The Morgan fingerprint density at radius 1 is 0.862 bits per heavy atom. The van der Waals surface area contributed by atoms with Crippen LogP contribution in [0.1, 0.15) is 18.9 Å². The van der Waals surface area contributed by atoms with Crippen LogP contribution in [0.3, 0.4) is 0 Å². The van der Waals surface area contributed by atoms with Gasteiger partial charge in [-0.25, -0.2) is 0 Å². The van der Waals surface area contributed by atoms with E-state index in [9.17, 15) is 0 Å². The lowest BCUT2D eigenvalue weighted by Gasteiger charge is -2.10. The van der Waals surface area contributed by atoms with Crippen LogP contribution in [0.2, 0.25) is 0 Å². The van der Waals surface area contributed by atoms with Gasteiger partial charge in [0.05, 0.1) is 10.9 Å². The first-order valence-corrected chi connectivity index (χ1v) is 11.1. The summed E-state index contributed by atoms with van der Waals surface area (Å²) < 4.78 is 5.97. The first-order chi connectivity index (χ1) is 14.2. The van der Waals surface area contributed by atoms with E-state index < -0.39 is 0 Å². The molecule has 0 aliphatic heterocycles. The summed E-state index contributed by atoms with van der Waals surface area (Å²) in [7, 11) is -0.206. The molecule has 3 aromatic carbocycles. The van der Waals surface area contributed by atoms with Crippen LogP contribution in [-0.4, -0.2) is 0 Å². The van der Waals surface area contributed by atoms with Gasteiger partial charge in [0.25, 0.3) is 0 Å². The van der Waals surface area contributed by atoms with E-state index in [1.165, 1.54) is 20.3 Å². The summed E-state index contributed by atoms with van der Waals surface area (Å²) in [4.78, 5) is 3.80. The third-order valence-electron chi connectivity index (χ3n) is 4.33. The van der Waals surface area contributed by atoms with Gasteiger partial charge in [-0.3, -0.25) is 0 Å². The zero-order chi connectivity index (χ0) is 20.5. The molecule has 3 rings (SSSR count). The Bertz CT molecular complexity index is 967. The van der Waals surface area contributed by atoms with Gasteiger partial charge in [-0.2, -0.15) is 0 Å². The Balaban J connectivity index is 1.96. The average Bonchev–Trinajstić information content (AvgIpc) is 2.75. The van der Waals surface area contributed by atoms with E-state index in [4.69, 9.17) is 4.74 Å². The van der Waals surface area contributed by atoms with Crippen molar-refractivity contribution in [1.29, 1.82) is 0 Å². The minimum Gasteiger partial charge on any atom is -0.457 e. The molecule has 3 aromatic rings. The van der Waals surface area contributed by atoms with Crippen molar-refractivity contribution in [2.45, 2.75) is 30.1 Å². The van der Waals surface area contributed by atoms with E-state index >= 15 is 0 Å². The number of allylic oxidation sites excluding steroid dienone is 4. The fourth-order valence-electron chi connectivity index (χ4n) is 2.89. The molecule has 0 saturated carbocycles. The molecule has 1 unspecified atom stereocenters. The lowest BCUT2D eigenvalue weighted by Crippen LogP contribution is -2.06. The predicted molar refractivity (Wildman–Crippen MR) is 126 cm³/mol. The number of ether oxygens (including phenoxy) is 1. The summed E-state index contributed by atoms with van der Waals surface area (Å²) in [5, 5.41) is 0. The van der Waals surface area contributed by atoms with Crippen molar-refractivity contribution in [2.75, 3.05) is 0 Å². The lowest BCUT2D eigenvalue weighted by molar-refractivity contribution is 0.482. The number of hydrogen-bond donors (Lipinski definition) is 0. The molecule has 0 amide bonds. The summed E-state index contributed by atoms with van der Waals surface area (Å²) in [6, 6.07) is 27.1. The van der Waals surface area contributed by atoms with E-state index in [2.05, 4.69) is 75.1 Å². The van der Waals surface area contributed by atoms with Gasteiger partial charge in [-0.15, -0.1) is 0 Å². The average molecular weight is 400 g/mol. The third kappa shape index (κ3) is 5.75. The molecular weight excluding hydrogens is 372 g/mol. The summed E-state index contributed by atoms with van der Waals surface area (Å²) in [5.41, 5.74) is 1.27. The van der Waals surface area contributed by atoms with E-state index in [1.54, 1.807) is 0 Å². The second-order valence-electron chi connectivity index (χ2n) is 6.62. The minimum atomic E-state index is -0.206. The Kier molecular flexibility index (Phi) is 7.54. The molecule has 1 atom stereocenters. The molecule has 0 aromatic heterocycles. The van der Waals surface area contributed by atoms with Crippen molar-refractivity contribution in [3.05, 3.63) is 120 Å². The Morgan fingerprint density at radius 2 is 1.45 bits per heavy atom. The molecule has 0 radical (unpaired) electrons. The zero-order valence-corrected chi connectivity index (χ0v) is 17.9. The van der Waals surface area contributed by atoms with Gasteiger partial charge in [-0.1, -0.05) is 61.5 Å². The standard InChI is InChI=1S/C27H27OS/c1-4-6-13-25(10-5-2)29(26-18-14-22(3)15-19-26)27-20-16-24(17-21-27)28-23-11-8-7-9-12-23/h5-21H,2,4H2,1,3H3/q+1/b13-6-,25-10+. The number of aryl methyl sites for hydroxylation is 1. The molecule has 0 heterocycles. The summed E-state index contributed by atoms with van der Waals surface area (Å²) in [6.07, 6.45) is 9.42. The van der Waals surface area contributed by atoms with Gasteiger partial charge in [0.1, 0.15) is 11.5 Å². The van der Waals surface area contributed by atoms with Crippen LogP contribution >= 0.6 is 0 Å². The maximum absolute atomic E-state index is 5.97. The van der Waals surface area contributed by atoms with Crippen molar-refractivity contribution >= 4 is 10.9 Å². The van der Waals surface area contributed by atoms with E-state index in [1.807, 2.05) is 48.5 Å². The van der Waals surface area contributed by atoms with Gasteiger partial charge in [0.15, 0.2) is 14.7 Å². The molecule has 0 fully saturated rings. The minimum absolute atomic E-state index is 0.206. The quantitative estimate of drug-likeness (QED) is 0.277. The molecule has 1 nitrogen and oxygen atoms in total. The van der Waals surface area contributed by atoms with Crippen LogP contribution in [0.15, 0.2) is 124 Å². The first-order valence-electron chi connectivity index (χ1n) is 9.84. The molecule has 29 heavy (non-hydrogen) atoms. The Hall–Kier alpha value is -2.97. The summed E-state index contributed by atoms with van der Waals surface area (Å²) >= 11 is 0. The molecule has 0 spiro atoms. The largest absolute Gasteiger partial charge is 0.457 e. The fraction of sp³-hybridized carbons (Fsp3) is 0.111. The summed E-state index contributed by atoms with van der Waals surface area (Å²) in [5.74, 6) is 1.68. The fourth-order valence-corrected chi connectivity index (χ4v) is 4.99. The van der Waals surface area contributed by atoms with Crippen molar-refractivity contribution in [1.82, 2.24) is 0 Å². The van der Waals surface area contributed by atoms with E-state index in [-0.39, 0.29) is 10.9 Å². The number of benzene rings is 3. The number of rotatable bonds is 8. The molecule has 2 heteroatoms. The molecule has 0 bridgehead atoms. The number of hydrogen-bond acceptors (Lipinski definition) is 1. The normalized spacial score (nSPS) is 12.7. The predicted octanol–water partition coefficient (Wildman–Crippen LogP) is 7.86. The SMILES string of the molecule is C=C/C=C(\C=C/CC)[S+](c1ccc(C)cc1)c1ccc(Oc2ccccc2)cc1. The molecule has 0 N–H and O–H groups in total. The van der Waals surface area contributed by atoms with Crippen LogP contribution in [0.5, 0.6) is 11.5 Å². The topological polar surface area (TPSA) is 9.23 Å². The second kappa shape index (κ2) is 10.5. The zero-order valence-electron chi connectivity index (χ0n) is 17.0. The van der Waals surface area contributed by atoms with Crippen molar-refractivity contribution in [3.8, 4) is 11.5 Å². The smallest absolute Gasteiger partial charge is 0.166 e. The van der Waals surface area contributed by atoms with Crippen LogP contribution in [0.25, 0.3) is 0 Å².